The lowest BCUT2D eigenvalue weighted by Gasteiger charge is -2.03. The van der Waals surface area contributed by atoms with Crippen molar-refractivity contribution in [3.8, 4) is 0 Å². The summed E-state index contributed by atoms with van der Waals surface area (Å²) in [4.78, 5) is 0. The summed E-state index contributed by atoms with van der Waals surface area (Å²) in [7, 11) is 0. The third-order valence-corrected chi connectivity index (χ3v) is 2.04. The van der Waals surface area contributed by atoms with Gasteiger partial charge in [-0.25, -0.2) is 8.78 Å². The zero-order valence-electron chi connectivity index (χ0n) is 8.76. The summed E-state index contributed by atoms with van der Waals surface area (Å²) < 4.78 is 25.4. The van der Waals surface area contributed by atoms with Crippen molar-refractivity contribution in [2.24, 2.45) is 0 Å². The number of halogens is 2. The number of nitrogens with one attached hydrogen (secondary N) is 1. The van der Waals surface area contributed by atoms with Gasteiger partial charge < -0.3 is 5.32 Å². The smallest absolute Gasteiger partial charge is 0.159 e. The Kier molecular flexibility index (Phi) is 4.98. The average molecular weight is 211 g/mol. The maximum atomic E-state index is 12.8. The Morgan fingerprint density at radius 2 is 2.07 bits per heavy atom. The van der Waals surface area contributed by atoms with E-state index in [-0.39, 0.29) is 0 Å². The van der Waals surface area contributed by atoms with Crippen LogP contribution in [-0.2, 0) is 6.54 Å². The van der Waals surface area contributed by atoms with Crippen LogP contribution in [0.5, 0.6) is 0 Å². The second-order valence-electron chi connectivity index (χ2n) is 3.28. The van der Waals surface area contributed by atoms with E-state index in [2.05, 4.69) is 11.4 Å². The first-order valence-electron chi connectivity index (χ1n) is 5.00. The lowest BCUT2D eigenvalue weighted by atomic mass is 10.2. The zero-order chi connectivity index (χ0) is 11.1. The monoisotopic (exact) mass is 211 g/mol. The summed E-state index contributed by atoms with van der Waals surface area (Å²) in [5.74, 6) is -1.59. The van der Waals surface area contributed by atoms with Crippen LogP contribution in [0.15, 0.2) is 30.4 Å². The standard InChI is InChI=1S/C12H15F2N/c1-2-3-4-7-15-9-10-5-6-11(13)12(14)8-10/h2-3,5-6,8,15H,4,7,9H2,1H3/b3-2+. The van der Waals surface area contributed by atoms with E-state index in [1.54, 1.807) is 6.07 Å². The van der Waals surface area contributed by atoms with Gasteiger partial charge in [-0.15, -0.1) is 0 Å². The van der Waals surface area contributed by atoms with E-state index in [1.165, 1.54) is 6.07 Å². The molecule has 0 bridgehead atoms. The highest BCUT2D eigenvalue weighted by atomic mass is 19.2. The van der Waals surface area contributed by atoms with Crippen molar-refractivity contribution >= 4 is 0 Å². The molecule has 0 radical (unpaired) electrons. The van der Waals surface area contributed by atoms with Gasteiger partial charge in [0.1, 0.15) is 0 Å². The lowest BCUT2D eigenvalue weighted by Crippen LogP contribution is -2.14. The van der Waals surface area contributed by atoms with E-state index in [9.17, 15) is 8.78 Å². The lowest BCUT2D eigenvalue weighted by molar-refractivity contribution is 0.506. The maximum Gasteiger partial charge on any atom is 0.159 e. The fraction of sp³-hybridized carbons (Fsp3) is 0.333. The van der Waals surface area contributed by atoms with Crippen LogP contribution < -0.4 is 5.32 Å². The highest BCUT2D eigenvalue weighted by molar-refractivity contribution is 5.17. The Morgan fingerprint density at radius 1 is 1.27 bits per heavy atom. The Hall–Kier alpha value is -1.22. The number of allylic oxidation sites excluding steroid dienone is 1. The molecule has 0 aliphatic heterocycles. The summed E-state index contributed by atoms with van der Waals surface area (Å²) in [6.07, 6.45) is 4.98. The Labute approximate surface area is 88.8 Å². The van der Waals surface area contributed by atoms with Crippen LogP contribution in [0.25, 0.3) is 0 Å². The number of benzene rings is 1. The predicted octanol–water partition coefficient (Wildman–Crippen LogP) is 3.02. The Balaban J connectivity index is 2.34. The minimum Gasteiger partial charge on any atom is -0.312 e. The fourth-order valence-electron chi connectivity index (χ4n) is 1.23. The van der Waals surface area contributed by atoms with Gasteiger partial charge in [0.05, 0.1) is 0 Å². The molecule has 0 saturated carbocycles. The minimum atomic E-state index is -0.798. The molecule has 0 aliphatic rings. The van der Waals surface area contributed by atoms with Crippen LogP contribution >= 0.6 is 0 Å². The average Bonchev–Trinajstić information content (AvgIpc) is 2.23. The SMILES string of the molecule is C/C=C/CCNCc1ccc(F)c(F)c1. The molecule has 1 N–H and O–H groups in total. The zero-order valence-corrected chi connectivity index (χ0v) is 8.76. The van der Waals surface area contributed by atoms with E-state index in [0.717, 1.165) is 24.6 Å². The minimum absolute atomic E-state index is 0.564. The Morgan fingerprint density at radius 3 is 2.73 bits per heavy atom. The summed E-state index contributed by atoms with van der Waals surface area (Å²) >= 11 is 0. The summed E-state index contributed by atoms with van der Waals surface area (Å²) in [5.41, 5.74) is 0.759. The van der Waals surface area contributed by atoms with E-state index < -0.39 is 11.6 Å². The van der Waals surface area contributed by atoms with Gasteiger partial charge in [0, 0.05) is 6.54 Å². The Bertz CT molecular complexity index is 334. The van der Waals surface area contributed by atoms with Crippen molar-refractivity contribution in [1.29, 1.82) is 0 Å². The third kappa shape index (κ3) is 4.21. The van der Waals surface area contributed by atoms with Gasteiger partial charge in [0.25, 0.3) is 0 Å². The molecule has 0 unspecified atom stereocenters. The topological polar surface area (TPSA) is 12.0 Å². The van der Waals surface area contributed by atoms with Gasteiger partial charge in [-0.05, 0) is 37.6 Å². The maximum absolute atomic E-state index is 12.8. The van der Waals surface area contributed by atoms with Crippen molar-refractivity contribution in [2.45, 2.75) is 19.9 Å². The molecular weight excluding hydrogens is 196 g/mol. The van der Waals surface area contributed by atoms with Gasteiger partial charge >= 0.3 is 0 Å². The van der Waals surface area contributed by atoms with E-state index in [1.807, 2.05) is 13.0 Å². The van der Waals surface area contributed by atoms with Gasteiger partial charge in [0.2, 0.25) is 0 Å². The number of rotatable bonds is 5. The van der Waals surface area contributed by atoms with Crippen LogP contribution in [0, 0.1) is 11.6 Å². The highest BCUT2D eigenvalue weighted by Gasteiger charge is 2.01. The second-order valence-corrected chi connectivity index (χ2v) is 3.28. The first-order valence-corrected chi connectivity index (χ1v) is 5.00. The molecule has 0 fully saturated rings. The van der Waals surface area contributed by atoms with Crippen molar-refractivity contribution in [1.82, 2.24) is 5.32 Å². The van der Waals surface area contributed by atoms with E-state index in [4.69, 9.17) is 0 Å². The molecule has 0 heterocycles. The molecule has 82 valence electrons. The molecule has 15 heavy (non-hydrogen) atoms. The fourth-order valence-corrected chi connectivity index (χ4v) is 1.23. The van der Waals surface area contributed by atoms with E-state index in [0.29, 0.717) is 6.54 Å². The van der Waals surface area contributed by atoms with Crippen LogP contribution in [0.3, 0.4) is 0 Å². The molecule has 0 spiro atoms. The summed E-state index contributed by atoms with van der Waals surface area (Å²) in [6, 6.07) is 3.96. The van der Waals surface area contributed by atoms with Gasteiger partial charge in [-0.3, -0.25) is 0 Å². The molecule has 0 amide bonds. The van der Waals surface area contributed by atoms with Crippen molar-refractivity contribution in [2.75, 3.05) is 6.54 Å². The quantitative estimate of drug-likeness (QED) is 0.583. The van der Waals surface area contributed by atoms with Crippen LogP contribution in [0.1, 0.15) is 18.9 Å². The van der Waals surface area contributed by atoms with Gasteiger partial charge in [0.15, 0.2) is 11.6 Å². The first-order chi connectivity index (χ1) is 7.24. The molecule has 0 saturated heterocycles. The van der Waals surface area contributed by atoms with Gasteiger partial charge in [-0.2, -0.15) is 0 Å². The molecule has 1 nitrogen and oxygen atoms in total. The number of hydrogen-bond donors (Lipinski definition) is 1. The third-order valence-electron chi connectivity index (χ3n) is 2.04. The van der Waals surface area contributed by atoms with Crippen molar-refractivity contribution < 1.29 is 8.78 Å². The molecule has 0 atom stereocenters. The first kappa shape index (κ1) is 11.9. The molecule has 3 heteroatoms. The predicted molar refractivity (Wildman–Crippen MR) is 57.5 cm³/mol. The largest absolute Gasteiger partial charge is 0.312 e. The molecule has 1 rings (SSSR count). The van der Waals surface area contributed by atoms with Gasteiger partial charge in [-0.1, -0.05) is 18.2 Å². The van der Waals surface area contributed by atoms with E-state index >= 15 is 0 Å². The van der Waals surface area contributed by atoms with Crippen LogP contribution in [-0.4, -0.2) is 6.54 Å². The normalized spacial score (nSPS) is 11.1. The molecule has 1 aromatic rings. The molecule has 0 aromatic heterocycles. The number of hydrogen-bond acceptors (Lipinski definition) is 1. The van der Waals surface area contributed by atoms with Crippen molar-refractivity contribution in [3.05, 3.63) is 47.5 Å². The summed E-state index contributed by atoms with van der Waals surface area (Å²) in [6.45, 7) is 3.37. The molecule has 1 aromatic carbocycles. The second kappa shape index (κ2) is 6.30. The molecular formula is C12H15F2N. The highest BCUT2D eigenvalue weighted by Crippen LogP contribution is 2.08. The molecule has 0 aliphatic carbocycles. The van der Waals surface area contributed by atoms with Crippen LogP contribution in [0.4, 0.5) is 8.78 Å². The van der Waals surface area contributed by atoms with Crippen molar-refractivity contribution in [3.63, 3.8) is 0 Å². The van der Waals surface area contributed by atoms with Crippen LogP contribution in [0.2, 0.25) is 0 Å². The summed E-state index contributed by atoms with van der Waals surface area (Å²) in [5, 5.41) is 3.14.